The number of carbonyl (C=O) groups excluding carboxylic acids is 4. The number of Topliss-reactive ketones (excluding diaryl/α,β-unsaturated/α-hetero) is 1. The highest BCUT2D eigenvalue weighted by molar-refractivity contribution is 6.34. The standard InChI is InChI=1S/C33H21ClN2O5/c1-19-5-4-8-24-27(33(40)41-18-29(37)21-9-13-22(34)14-10-21)17-28(35-30(19)24)20-11-15-23(16-12-20)36-31(38)25-6-2-3-7-26(25)32(36)39/h2-17H,18H2,1H3. The quantitative estimate of drug-likeness (QED) is 0.130. The van der Waals surface area contributed by atoms with Crippen molar-refractivity contribution in [2.24, 2.45) is 0 Å². The highest BCUT2D eigenvalue weighted by Crippen LogP contribution is 2.32. The number of amides is 2. The number of aromatic nitrogens is 1. The van der Waals surface area contributed by atoms with Gasteiger partial charge >= 0.3 is 5.97 Å². The van der Waals surface area contributed by atoms with E-state index in [0.29, 0.717) is 49.6 Å². The van der Waals surface area contributed by atoms with Crippen molar-refractivity contribution in [2.45, 2.75) is 6.92 Å². The number of carbonyl (C=O) groups is 4. The first kappa shape index (κ1) is 26.1. The molecule has 0 saturated carbocycles. The number of rotatable bonds is 6. The highest BCUT2D eigenvalue weighted by atomic mass is 35.5. The van der Waals surface area contributed by atoms with E-state index in [0.717, 1.165) is 10.5 Å². The number of hydrogen-bond donors (Lipinski definition) is 0. The van der Waals surface area contributed by atoms with E-state index in [9.17, 15) is 19.2 Å². The third-order valence-corrected chi connectivity index (χ3v) is 7.23. The maximum Gasteiger partial charge on any atom is 0.339 e. The molecule has 0 N–H and O–H groups in total. The molecule has 2 amide bonds. The van der Waals surface area contributed by atoms with E-state index in [4.69, 9.17) is 21.3 Å². The number of fused-ring (bicyclic) bond motifs is 2. The summed E-state index contributed by atoms with van der Waals surface area (Å²) in [4.78, 5) is 57.5. The Morgan fingerprint density at radius 2 is 1.49 bits per heavy atom. The van der Waals surface area contributed by atoms with Gasteiger partial charge < -0.3 is 4.74 Å². The summed E-state index contributed by atoms with van der Waals surface area (Å²) in [5.41, 5.74) is 4.45. The van der Waals surface area contributed by atoms with E-state index in [1.54, 1.807) is 84.9 Å². The summed E-state index contributed by atoms with van der Waals surface area (Å²) in [5, 5.41) is 1.10. The number of anilines is 1. The van der Waals surface area contributed by atoms with Gasteiger partial charge in [0, 0.05) is 21.5 Å². The van der Waals surface area contributed by atoms with Gasteiger partial charge in [-0.15, -0.1) is 0 Å². The number of benzene rings is 4. The molecule has 6 rings (SSSR count). The molecule has 1 aliphatic heterocycles. The summed E-state index contributed by atoms with van der Waals surface area (Å²) in [6.07, 6.45) is 0. The molecule has 7 nitrogen and oxygen atoms in total. The summed E-state index contributed by atoms with van der Waals surface area (Å²) >= 11 is 5.90. The average Bonchev–Trinajstić information content (AvgIpc) is 3.25. The summed E-state index contributed by atoms with van der Waals surface area (Å²) in [7, 11) is 0. The van der Waals surface area contributed by atoms with Crippen LogP contribution in [0.1, 0.15) is 47.0 Å². The second kappa shape index (κ2) is 10.4. The van der Waals surface area contributed by atoms with Gasteiger partial charge in [0.2, 0.25) is 0 Å². The molecule has 0 bridgehead atoms. The van der Waals surface area contributed by atoms with Crippen molar-refractivity contribution in [3.05, 3.63) is 130 Å². The minimum Gasteiger partial charge on any atom is -0.454 e. The fourth-order valence-corrected chi connectivity index (χ4v) is 4.97. The zero-order chi connectivity index (χ0) is 28.7. The normalized spacial score (nSPS) is 12.5. The maximum absolute atomic E-state index is 13.2. The molecular formula is C33H21ClN2O5. The Morgan fingerprint density at radius 1 is 0.829 bits per heavy atom. The number of pyridine rings is 1. The molecule has 0 fully saturated rings. The predicted octanol–water partition coefficient (Wildman–Crippen LogP) is 6.70. The van der Waals surface area contributed by atoms with Crippen molar-refractivity contribution in [2.75, 3.05) is 11.5 Å². The van der Waals surface area contributed by atoms with Crippen LogP contribution in [0.2, 0.25) is 5.02 Å². The third kappa shape index (κ3) is 4.77. The zero-order valence-electron chi connectivity index (χ0n) is 21.8. The third-order valence-electron chi connectivity index (χ3n) is 6.98. The second-order valence-electron chi connectivity index (χ2n) is 9.57. The first-order valence-electron chi connectivity index (χ1n) is 12.8. The maximum atomic E-state index is 13.2. The Bertz CT molecular complexity index is 1850. The number of aryl methyl sites for hydroxylation is 1. The van der Waals surface area contributed by atoms with Crippen LogP contribution in [0.25, 0.3) is 22.2 Å². The van der Waals surface area contributed by atoms with Crippen LogP contribution in [0, 0.1) is 6.92 Å². The van der Waals surface area contributed by atoms with Crippen molar-refractivity contribution in [1.82, 2.24) is 4.98 Å². The van der Waals surface area contributed by atoms with E-state index in [1.807, 2.05) is 19.1 Å². The highest BCUT2D eigenvalue weighted by Gasteiger charge is 2.36. The monoisotopic (exact) mass is 560 g/mol. The Hall–Kier alpha value is -5.14. The molecule has 8 heteroatoms. The summed E-state index contributed by atoms with van der Waals surface area (Å²) < 4.78 is 5.42. The van der Waals surface area contributed by atoms with Crippen LogP contribution in [0.15, 0.2) is 97.1 Å². The number of esters is 1. The molecule has 200 valence electrons. The lowest BCUT2D eigenvalue weighted by molar-refractivity contribution is 0.0476. The van der Waals surface area contributed by atoms with Gasteiger partial charge in [-0.3, -0.25) is 14.4 Å². The molecule has 1 aromatic heterocycles. The fraction of sp³-hybridized carbons (Fsp3) is 0.0606. The SMILES string of the molecule is Cc1cccc2c(C(=O)OCC(=O)c3ccc(Cl)cc3)cc(-c3ccc(N4C(=O)c5ccccc5C4=O)cc3)nc12. The number of imide groups is 1. The van der Waals surface area contributed by atoms with Gasteiger partial charge in [-0.1, -0.05) is 54.1 Å². The molecule has 1 aliphatic rings. The summed E-state index contributed by atoms with van der Waals surface area (Å²) in [6.45, 7) is 1.46. The number of ketones is 1. The summed E-state index contributed by atoms with van der Waals surface area (Å²) in [5.74, 6) is -1.77. The minimum atomic E-state index is -0.658. The molecule has 0 atom stereocenters. The molecule has 0 unspecified atom stereocenters. The van der Waals surface area contributed by atoms with Gasteiger partial charge in [0.25, 0.3) is 11.8 Å². The Labute approximate surface area is 240 Å². The smallest absolute Gasteiger partial charge is 0.339 e. The van der Waals surface area contributed by atoms with E-state index in [-0.39, 0.29) is 23.2 Å². The van der Waals surface area contributed by atoms with Gasteiger partial charge in [-0.25, -0.2) is 14.7 Å². The largest absolute Gasteiger partial charge is 0.454 e. The van der Waals surface area contributed by atoms with Crippen LogP contribution in [0.4, 0.5) is 5.69 Å². The molecule has 4 aromatic carbocycles. The predicted molar refractivity (Wildman–Crippen MR) is 156 cm³/mol. The van der Waals surface area contributed by atoms with Crippen molar-refractivity contribution in [1.29, 1.82) is 0 Å². The molecule has 0 aliphatic carbocycles. The van der Waals surface area contributed by atoms with E-state index in [1.165, 1.54) is 0 Å². The molecule has 2 heterocycles. The van der Waals surface area contributed by atoms with Gasteiger partial charge in [0.1, 0.15) is 0 Å². The number of ether oxygens (including phenoxy) is 1. The lowest BCUT2D eigenvalue weighted by Gasteiger charge is -2.15. The molecule has 0 spiro atoms. The van der Waals surface area contributed by atoms with Gasteiger partial charge in [-0.2, -0.15) is 0 Å². The lowest BCUT2D eigenvalue weighted by atomic mass is 10.0. The molecule has 0 radical (unpaired) electrons. The number of halogens is 1. The molecule has 0 saturated heterocycles. The van der Waals surface area contributed by atoms with Crippen LogP contribution in [0.3, 0.4) is 0 Å². The Morgan fingerprint density at radius 3 is 2.15 bits per heavy atom. The van der Waals surface area contributed by atoms with Gasteiger partial charge in [0.15, 0.2) is 12.4 Å². The second-order valence-corrected chi connectivity index (χ2v) is 10.0. The minimum absolute atomic E-state index is 0.266. The van der Waals surface area contributed by atoms with Crippen molar-refractivity contribution in [3.63, 3.8) is 0 Å². The molecular weight excluding hydrogens is 540 g/mol. The Balaban J connectivity index is 1.30. The van der Waals surface area contributed by atoms with E-state index < -0.39 is 12.6 Å². The van der Waals surface area contributed by atoms with E-state index >= 15 is 0 Å². The van der Waals surface area contributed by atoms with Crippen LogP contribution < -0.4 is 4.90 Å². The molecule has 5 aromatic rings. The van der Waals surface area contributed by atoms with Crippen molar-refractivity contribution in [3.8, 4) is 11.3 Å². The van der Waals surface area contributed by atoms with Crippen LogP contribution in [-0.2, 0) is 4.74 Å². The topological polar surface area (TPSA) is 93.6 Å². The number of para-hydroxylation sites is 1. The number of nitrogens with zero attached hydrogens (tertiary/aromatic N) is 2. The number of hydrogen-bond acceptors (Lipinski definition) is 6. The van der Waals surface area contributed by atoms with Gasteiger partial charge in [0.05, 0.1) is 33.6 Å². The Kier molecular flexibility index (Phi) is 6.65. The van der Waals surface area contributed by atoms with Crippen LogP contribution in [0.5, 0.6) is 0 Å². The first-order chi connectivity index (χ1) is 19.8. The van der Waals surface area contributed by atoms with Crippen LogP contribution >= 0.6 is 11.6 Å². The lowest BCUT2D eigenvalue weighted by Crippen LogP contribution is -2.29. The van der Waals surface area contributed by atoms with E-state index in [2.05, 4.69) is 0 Å². The molecule has 41 heavy (non-hydrogen) atoms. The average molecular weight is 561 g/mol. The fourth-order valence-electron chi connectivity index (χ4n) is 4.84. The van der Waals surface area contributed by atoms with Crippen molar-refractivity contribution >= 4 is 51.8 Å². The zero-order valence-corrected chi connectivity index (χ0v) is 22.5. The van der Waals surface area contributed by atoms with Crippen LogP contribution in [-0.4, -0.2) is 35.2 Å². The van der Waals surface area contributed by atoms with Crippen molar-refractivity contribution < 1.29 is 23.9 Å². The first-order valence-corrected chi connectivity index (χ1v) is 13.1. The van der Waals surface area contributed by atoms with Gasteiger partial charge in [-0.05, 0) is 67.1 Å². The summed E-state index contributed by atoms with van der Waals surface area (Å²) in [6, 6.07) is 27.0.